The van der Waals surface area contributed by atoms with Gasteiger partial charge in [0, 0.05) is 24.7 Å². The first-order valence-corrected chi connectivity index (χ1v) is 7.91. The molecule has 0 saturated carbocycles. The molecule has 5 nitrogen and oxygen atoms in total. The molecule has 2 aromatic carbocycles. The van der Waals surface area contributed by atoms with Crippen LogP contribution in [0.3, 0.4) is 0 Å². The number of carbonyl (C=O) groups is 2. The van der Waals surface area contributed by atoms with Crippen molar-refractivity contribution in [1.82, 2.24) is 0 Å². The number of methoxy groups -OCH3 is 1. The third-order valence-electron chi connectivity index (χ3n) is 4.04. The molecule has 1 atom stereocenters. The number of fused-ring (bicyclic) bond motifs is 1. The molecular weight excluding hydrogens is 328 g/mol. The number of hydrogen-bond acceptors (Lipinski definition) is 3. The standard InChI is InChI=1S/C18H17ClN2O3/c1-11(22)21-15-6-4-3-5-12(15)9-16(21)18(23)20-13-7-8-17(24-2)14(19)10-13/h3-8,10,16H,9H2,1-2H3,(H,20,23)/t16-/m1/s1. The summed E-state index contributed by atoms with van der Waals surface area (Å²) in [6, 6.07) is 12.0. The molecule has 24 heavy (non-hydrogen) atoms. The minimum atomic E-state index is -0.569. The van der Waals surface area contributed by atoms with Crippen molar-refractivity contribution < 1.29 is 14.3 Å². The first kappa shape index (κ1) is 16.3. The molecule has 0 aliphatic carbocycles. The fourth-order valence-corrected chi connectivity index (χ4v) is 3.21. The van der Waals surface area contributed by atoms with Crippen LogP contribution in [-0.4, -0.2) is 25.0 Å². The van der Waals surface area contributed by atoms with E-state index >= 15 is 0 Å². The average Bonchev–Trinajstić information content (AvgIpc) is 2.95. The summed E-state index contributed by atoms with van der Waals surface area (Å²) in [6.07, 6.45) is 0.492. The third-order valence-corrected chi connectivity index (χ3v) is 4.33. The zero-order chi connectivity index (χ0) is 17.3. The van der Waals surface area contributed by atoms with Crippen LogP contribution in [0.15, 0.2) is 42.5 Å². The zero-order valence-corrected chi connectivity index (χ0v) is 14.1. The van der Waals surface area contributed by atoms with Crippen LogP contribution in [0.1, 0.15) is 12.5 Å². The van der Waals surface area contributed by atoms with Gasteiger partial charge in [-0.05, 0) is 29.8 Å². The summed E-state index contributed by atoms with van der Waals surface area (Å²) >= 11 is 6.08. The first-order valence-electron chi connectivity index (χ1n) is 7.53. The molecule has 0 fully saturated rings. The highest BCUT2D eigenvalue weighted by molar-refractivity contribution is 6.32. The van der Waals surface area contributed by atoms with Gasteiger partial charge in [-0.25, -0.2) is 0 Å². The van der Waals surface area contributed by atoms with E-state index < -0.39 is 6.04 Å². The largest absolute Gasteiger partial charge is 0.495 e. The number of anilines is 2. The lowest BCUT2D eigenvalue weighted by Crippen LogP contribution is -2.44. The predicted octanol–water partition coefficient (Wildman–Crippen LogP) is 3.26. The number of carbonyl (C=O) groups excluding carboxylic acids is 2. The molecule has 0 aromatic heterocycles. The molecule has 2 aromatic rings. The maximum atomic E-state index is 12.7. The Labute approximate surface area is 145 Å². The Balaban J connectivity index is 1.83. The minimum Gasteiger partial charge on any atom is -0.495 e. The third kappa shape index (κ3) is 2.95. The molecule has 1 aliphatic rings. The van der Waals surface area contributed by atoms with Crippen LogP contribution < -0.4 is 15.0 Å². The summed E-state index contributed by atoms with van der Waals surface area (Å²) in [4.78, 5) is 26.2. The van der Waals surface area contributed by atoms with Gasteiger partial charge in [-0.2, -0.15) is 0 Å². The highest BCUT2D eigenvalue weighted by atomic mass is 35.5. The Bertz CT molecular complexity index is 807. The van der Waals surface area contributed by atoms with E-state index in [0.717, 1.165) is 11.3 Å². The van der Waals surface area contributed by atoms with Gasteiger partial charge < -0.3 is 10.1 Å². The molecule has 3 rings (SSSR count). The number of para-hydroxylation sites is 1. The van der Waals surface area contributed by atoms with Gasteiger partial charge in [0.15, 0.2) is 0 Å². The van der Waals surface area contributed by atoms with Gasteiger partial charge in [-0.1, -0.05) is 29.8 Å². The number of amides is 2. The normalized spacial score (nSPS) is 15.8. The van der Waals surface area contributed by atoms with E-state index in [1.807, 2.05) is 24.3 Å². The number of hydrogen-bond donors (Lipinski definition) is 1. The van der Waals surface area contributed by atoms with Crippen LogP contribution in [0.25, 0.3) is 0 Å². The Hall–Kier alpha value is -2.53. The van der Waals surface area contributed by atoms with Gasteiger partial charge in [0.05, 0.1) is 12.1 Å². The highest BCUT2D eigenvalue weighted by Crippen LogP contribution is 2.33. The number of nitrogens with zero attached hydrogens (tertiary/aromatic N) is 1. The smallest absolute Gasteiger partial charge is 0.247 e. The summed E-state index contributed by atoms with van der Waals surface area (Å²) in [5.74, 6) is 0.129. The number of benzene rings is 2. The zero-order valence-electron chi connectivity index (χ0n) is 13.4. The molecule has 0 radical (unpaired) electrons. The van der Waals surface area contributed by atoms with Crippen LogP contribution in [0.2, 0.25) is 5.02 Å². The fraction of sp³-hybridized carbons (Fsp3) is 0.222. The van der Waals surface area contributed by atoms with Gasteiger partial charge in [0.25, 0.3) is 0 Å². The summed E-state index contributed by atoms with van der Waals surface area (Å²) < 4.78 is 5.10. The molecule has 0 unspecified atom stereocenters. The number of rotatable bonds is 3. The second-order valence-corrected chi connectivity index (χ2v) is 5.98. The van der Waals surface area contributed by atoms with E-state index in [9.17, 15) is 9.59 Å². The molecule has 1 heterocycles. The summed E-state index contributed by atoms with van der Waals surface area (Å²) in [7, 11) is 1.53. The van der Waals surface area contributed by atoms with Crippen molar-refractivity contribution in [2.24, 2.45) is 0 Å². The summed E-state index contributed by atoms with van der Waals surface area (Å²) in [6.45, 7) is 1.46. The van der Waals surface area contributed by atoms with Gasteiger partial charge in [-0.15, -0.1) is 0 Å². The maximum absolute atomic E-state index is 12.7. The topological polar surface area (TPSA) is 58.6 Å². The molecule has 6 heteroatoms. The number of nitrogens with one attached hydrogen (secondary N) is 1. The van der Waals surface area contributed by atoms with Crippen molar-refractivity contribution in [1.29, 1.82) is 0 Å². The second kappa shape index (κ2) is 6.53. The lowest BCUT2D eigenvalue weighted by molar-refractivity contribution is -0.122. The molecule has 0 spiro atoms. The van der Waals surface area contributed by atoms with E-state index in [4.69, 9.17) is 16.3 Å². The second-order valence-electron chi connectivity index (χ2n) is 5.58. The van der Waals surface area contributed by atoms with Crippen LogP contribution in [0, 0.1) is 0 Å². The van der Waals surface area contributed by atoms with Crippen molar-refractivity contribution in [2.45, 2.75) is 19.4 Å². The lowest BCUT2D eigenvalue weighted by atomic mass is 10.1. The molecule has 1 N–H and O–H groups in total. The van der Waals surface area contributed by atoms with Gasteiger partial charge in [-0.3, -0.25) is 14.5 Å². The quantitative estimate of drug-likeness (QED) is 0.929. The van der Waals surface area contributed by atoms with E-state index in [1.54, 1.807) is 18.2 Å². The van der Waals surface area contributed by atoms with Crippen LogP contribution >= 0.6 is 11.6 Å². The van der Waals surface area contributed by atoms with Gasteiger partial charge in [0.2, 0.25) is 11.8 Å². The Morgan fingerprint density at radius 3 is 2.67 bits per heavy atom. The lowest BCUT2D eigenvalue weighted by Gasteiger charge is -2.23. The Kier molecular flexibility index (Phi) is 4.44. The van der Waals surface area contributed by atoms with Crippen molar-refractivity contribution in [2.75, 3.05) is 17.3 Å². The minimum absolute atomic E-state index is 0.159. The molecule has 0 saturated heterocycles. The van der Waals surface area contributed by atoms with E-state index in [-0.39, 0.29) is 11.8 Å². The van der Waals surface area contributed by atoms with Crippen molar-refractivity contribution in [3.8, 4) is 5.75 Å². The number of ether oxygens (including phenoxy) is 1. The van der Waals surface area contributed by atoms with Crippen molar-refractivity contribution in [3.63, 3.8) is 0 Å². The van der Waals surface area contributed by atoms with Crippen molar-refractivity contribution >= 4 is 34.8 Å². The molecule has 2 amide bonds. The average molecular weight is 345 g/mol. The molecule has 0 bridgehead atoms. The SMILES string of the molecule is COc1ccc(NC(=O)[C@H]2Cc3ccccc3N2C(C)=O)cc1Cl. The molecular formula is C18H17ClN2O3. The first-order chi connectivity index (χ1) is 11.5. The van der Waals surface area contributed by atoms with Gasteiger partial charge >= 0.3 is 0 Å². The van der Waals surface area contributed by atoms with E-state index in [0.29, 0.717) is 22.9 Å². The predicted molar refractivity (Wildman–Crippen MR) is 93.7 cm³/mol. The van der Waals surface area contributed by atoms with E-state index in [2.05, 4.69) is 5.32 Å². The Morgan fingerprint density at radius 2 is 2.00 bits per heavy atom. The fourth-order valence-electron chi connectivity index (χ4n) is 2.95. The van der Waals surface area contributed by atoms with Crippen LogP contribution in [0.4, 0.5) is 11.4 Å². The highest BCUT2D eigenvalue weighted by Gasteiger charge is 2.36. The van der Waals surface area contributed by atoms with E-state index in [1.165, 1.54) is 18.9 Å². The Morgan fingerprint density at radius 1 is 1.25 bits per heavy atom. The van der Waals surface area contributed by atoms with Gasteiger partial charge in [0.1, 0.15) is 11.8 Å². The maximum Gasteiger partial charge on any atom is 0.247 e. The summed E-state index contributed by atoms with van der Waals surface area (Å²) in [5, 5.41) is 3.23. The van der Waals surface area contributed by atoms with Crippen molar-refractivity contribution in [3.05, 3.63) is 53.1 Å². The monoisotopic (exact) mass is 344 g/mol. The van der Waals surface area contributed by atoms with Crippen LogP contribution in [0.5, 0.6) is 5.75 Å². The summed E-state index contributed by atoms with van der Waals surface area (Å²) in [5.41, 5.74) is 2.34. The molecule has 1 aliphatic heterocycles. The van der Waals surface area contributed by atoms with Crippen LogP contribution in [-0.2, 0) is 16.0 Å². The number of halogens is 1. The molecule has 124 valence electrons.